The van der Waals surface area contributed by atoms with Crippen LogP contribution >= 0.6 is 0 Å². The van der Waals surface area contributed by atoms with Gasteiger partial charge in [-0.05, 0) is 43.9 Å². The molecule has 2 bridgehead atoms. The quantitative estimate of drug-likeness (QED) is 0.498. The molecule has 0 N–H and O–H groups in total. The van der Waals surface area contributed by atoms with E-state index >= 15 is 0 Å². The third-order valence-corrected chi connectivity index (χ3v) is 4.87. The zero-order valence-corrected chi connectivity index (χ0v) is 11.6. The molecule has 19 heavy (non-hydrogen) atoms. The van der Waals surface area contributed by atoms with Crippen molar-refractivity contribution >= 4 is 5.97 Å². The minimum atomic E-state index is -0.0617. The van der Waals surface area contributed by atoms with Gasteiger partial charge in [0.1, 0.15) is 6.61 Å². The Balaban J connectivity index is 1.72. The van der Waals surface area contributed by atoms with Gasteiger partial charge in [-0.25, -0.2) is 0 Å². The molecule has 3 nitrogen and oxygen atoms in total. The third kappa shape index (κ3) is 3.02. The number of hydrogen-bond acceptors (Lipinski definition) is 3. The van der Waals surface area contributed by atoms with E-state index < -0.39 is 0 Å². The second-order valence-corrected chi connectivity index (χ2v) is 6.11. The predicted octanol–water partition coefficient (Wildman–Crippen LogP) is 3.23. The van der Waals surface area contributed by atoms with Crippen molar-refractivity contribution in [2.45, 2.75) is 63.6 Å². The van der Waals surface area contributed by atoms with Crippen molar-refractivity contribution in [1.29, 1.82) is 0 Å². The first-order chi connectivity index (χ1) is 9.34. The summed E-state index contributed by atoms with van der Waals surface area (Å²) in [5.41, 5.74) is 0. The van der Waals surface area contributed by atoms with E-state index in [0.717, 1.165) is 19.3 Å². The van der Waals surface area contributed by atoms with Crippen LogP contribution < -0.4 is 0 Å². The number of hydrogen-bond donors (Lipinski definition) is 0. The van der Waals surface area contributed by atoms with Crippen molar-refractivity contribution in [2.24, 2.45) is 11.8 Å². The number of rotatable bonds is 0. The smallest absolute Gasteiger partial charge is 0.305 e. The van der Waals surface area contributed by atoms with Gasteiger partial charge >= 0.3 is 5.97 Å². The minimum Gasteiger partial charge on any atom is -0.463 e. The summed E-state index contributed by atoms with van der Waals surface area (Å²) in [6, 6.07) is 0. The van der Waals surface area contributed by atoms with E-state index in [0.29, 0.717) is 31.0 Å². The highest BCUT2D eigenvalue weighted by molar-refractivity contribution is 5.69. The first kappa shape index (κ1) is 13.2. The minimum absolute atomic E-state index is 0.0617. The van der Waals surface area contributed by atoms with Crippen LogP contribution in [0.25, 0.3) is 0 Å². The largest absolute Gasteiger partial charge is 0.463 e. The summed E-state index contributed by atoms with van der Waals surface area (Å²) in [4.78, 5) is 11.6. The van der Waals surface area contributed by atoms with E-state index in [4.69, 9.17) is 9.47 Å². The van der Waals surface area contributed by atoms with E-state index in [1.165, 1.54) is 25.7 Å². The van der Waals surface area contributed by atoms with Crippen LogP contribution in [0.4, 0.5) is 0 Å². The lowest BCUT2D eigenvalue weighted by molar-refractivity contribution is -0.148. The Hall–Kier alpha value is -0.830. The van der Waals surface area contributed by atoms with E-state index in [9.17, 15) is 4.79 Å². The highest BCUT2D eigenvalue weighted by Gasteiger charge is 2.44. The molecule has 1 saturated heterocycles. The maximum absolute atomic E-state index is 11.6. The molecule has 4 atom stereocenters. The molecule has 0 unspecified atom stereocenters. The van der Waals surface area contributed by atoms with Gasteiger partial charge in [0.15, 0.2) is 0 Å². The summed E-state index contributed by atoms with van der Waals surface area (Å²) < 4.78 is 11.6. The van der Waals surface area contributed by atoms with Crippen molar-refractivity contribution in [3.8, 4) is 0 Å². The Morgan fingerprint density at radius 2 is 1.79 bits per heavy atom. The molecule has 1 aliphatic carbocycles. The fraction of sp³-hybridized carbons (Fsp3) is 0.812. The monoisotopic (exact) mass is 264 g/mol. The first-order valence-electron chi connectivity index (χ1n) is 7.80. The molecule has 1 saturated carbocycles. The van der Waals surface area contributed by atoms with Gasteiger partial charge in [-0.1, -0.05) is 25.0 Å². The number of carbonyl (C=O) groups excluding carboxylic acids is 1. The van der Waals surface area contributed by atoms with Gasteiger partial charge in [0.25, 0.3) is 0 Å². The van der Waals surface area contributed by atoms with Crippen LogP contribution in [0.3, 0.4) is 0 Å². The lowest BCUT2D eigenvalue weighted by Crippen LogP contribution is -2.29. The summed E-state index contributed by atoms with van der Waals surface area (Å²) >= 11 is 0. The SMILES string of the molecule is O=C1CCC/C=C/C[C@@H]2O[C@H](CO1)[C@H]1CCCC[C@H]12. The Morgan fingerprint density at radius 3 is 2.63 bits per heavy atom. The number of cyclic esters (lactones) is 1. The highest BCUT2D eigenvalue weighted by atomic mass is 16.6. The average Bonchev–Trinajstić information content (AvgIpc) is 2.78. The summed E-state index contributed by atoms with van der Waals surface area (Å²) in [5, 5.41) is 0. The van der Waals surface area contributed by atoms with Gasteiger partial charge in [-0.2, -0.15) is 0 Å². The Bertz CT molecular complexity index is 350. The topological polar surface area (TPSA) is 35.5 Å². The van der Waals surface area contributed by atoms with Gasteiger partial charge in [-0.15, -0.1) is 0 Å². The molecular weight excluding hydrogens is 240 g/mol. The normalized spacial score (nSPS) is 41.6. The van der Waals surface area contributed by atoms with E-state index in [2.05, 4.69) is 12.2 Å². The molecule has 0 radical (unpaired) electrons. The number of allylic oxidation sites excluding steroid dienone is 1. The molecule has 3 heteroatoms. The van der Waals surface area contributed by atoms with Gasteiger partial charge in [0.2, 0.25) is 0 Å². The van der Waals surface area contributed by atoms with Crippen LogP contribution in [0.2, 0.25) is 0 Å². The fourth-order valence-electron chi connectivity index (χ4n) is 3.89. The average molecular weight is 264 g/mol. The van der Waals surface area contributed by atoms with Gasteiger partial charge in [0.05, 0.1) is 12.2 Å². The van der Waals surface area contributed by atoms with Crippen LogP contribution in [0.15, 0.2) is 12.2 Å². The first-order valence-corrected chi connectivity index (χ1v) is 7.80. The highest BCUT2D eigenvalue weighted by Crippen LogP contribution is 2.44. The van der Waals surface area contributed by atoms with Gasteiger partial charge in [-0.3, -0.25) is 4.79 Å². The Labute approximate surface area is 115 Å². The second-order valence-electron chi connectivity index (χ2n) is 6.11. The number of ether oxygens (including phenoxy) is 2. The van der Waals surface area contributed by atoms with Gasteiger partial charge < -0.3 is 9.47 Å². The van der Waals surface area contributed by atoms with Crippen molar-refractivity contribution in [3.05, 3.63) is 12.2 Å². The molecule has 2 heterocycles. The molecule has 2 fully saturated rings. The summed E-state index contributed by atoms with van der Waals surface area (Å²) in [6.07, 6.45) is 13.6. The van der Waals surface area contributed by atoms with Crippen LogP contribution in [-0.4, -0.2) is 24.8 Å². The fourth-order valence-corrected chi connectivity index (χ4v) is 3.89. The summed E-state index contributed by atoms with van der Waals surface area (Å²) in [6.45, 7) is 0.472. The second kappa shape index (κ2) is 6.08. The predicted molar refractivity (Wildman–Crippen MR) is 72.7 cm³/mol. The van der Waals surface area contributed by atoms with Crippen LogP contribution in [-0.2, 0) is 14.3 Å². The Morgan fingerprint density at radius 1 is 1.00 bits per heavy atom. The molecule has 0 aromatic rings. The zero-order valence-electron chi connectivity index (χ0n) is 11.6. The number of carbonyl (C=O) groups is 1. The zero-order chi connectivity index (χ0) is 13.1. The standard InChI is InChI=1S/C16H24O3/c17-16-10-4-2-1-3-9-14-12-7-5-6-8-13(12)15(19-14)11-18-16/h1,3,12-15H,2,4-11H2/b3-1+/t12-,13+,14+,15-/m1/s1. The molecular formula is C16H24O3. The summed E-state index contributed by atoms with van der Waals surface area (Å²) in [5.74, 6) is 1.23. The lowest BCUT2D eigenvalue weighted by atomic mass is 9.75. The van der Waals surface area contributed by atoms with Gasteiger partial charge in [0, 0.05) is 6.42 Å². The molecule has 2 aliphatic heterocycles. The number of esters is 1. The molecule has 0 aromatic heterocycles. The van der Waals surface area contributed by atoms with E-state index in [-0.39, 0.29) is 12.1 Å². The third-order valence-electron chi connectivity index (χ3n) is 4.87. The molecule has 0 amide bonds. The lowest BCUT2D eigenvalue weighted by Gasteiger charge is -2.28. The van der Waals surface area contributed by atoms with Crippen LogP contribution in [0, 0.1) is 11.8 Å². The van der Waals surface area contributed by atoms with Crippen molar-refractivity contribution in [3.63, 3.8) is 0 Å². The molecule has 0 aromatic carbocycles. The summed E-state index contributed by atoms with van der Waals surface area (Å²) in [7, 11) is 0. The molecule has 3 rings (SSSR count). The number of fused-ring (bicyclic) bond motifs is 5. The van der Waals surface area contributed by atoms with Crippen LogP contribution in [0.5, 0.6) is 0 Å². The van der Waals surface area contributed by atoms with Crippen molar-refractivity contribution in [1.82, 2.24) is 0 Å². The maximum atomic E-state index is 11.6. The van der Waals surface area contributed by atoms with Crippen LogP contribution in [0.1, 0.15) is 51.4 Å². The van der Waals surface area contributed by atoms with E-state index in [1.54, 1.807) is 0 Å². The maximum Gasteiger partial charge on any atom is 0.305 e. The molecule has 106 valence electrons. The van der Waals surface area contributed by atoms with Crippen molar-refractivity contribution in [2.75, 3.05) is 6.61 Å². The molecule has 3 aliphatic rings. The molecule has 0 spiro atoms. The van der Waals surface area contributed by atoms with E-state index in [1.807, 2.05) is 0 Å². The van der Waals surface area contributed by atoms with Crippen molar-refractivity contribution < 1.29 is 14.3 Å². The Kier molecular flexibility index (Phi) is 4.21.